The quantitative estimate of drug-likeness (QED) is 0.643. The first-order chi connectivity index (χ1) is 12.4. The molecule has 0 spiro atoms. The van der Waals surface area contributed by atoms with Crippen molar-refractivity contribution in [3.63, 3.8) is 0 Å². The van der Waals surface area contributed by atoms with Crippen LogP contribution in [0.25, 0.3) is 10.9 Å². The Morgan fingerprint density at radius 1 is 1.38 bits per heavy atom. The van der Waals surface area contributed by atoms with E-state index >= 15 is 0 Å². The van der Waals surface area contributed by atoms with Gasteiger partial charge < -0.3 is 11.1 Å². The van der Waals surface area contributed by atoms with Gasteiger partial charge >= 0.3 is 0 Å². The molecule has 3 amide bonds. The summed E-state index contributed by atoms with van der Waals surface area (Å²) in [6, 6.07) is 4.38. The van der Waals surface area contributed by atoms with Crippen molar-refractivity contribution in [3.05, 3.63) is 34.4 Å². The molecule has 1 aromatic heterocycles. The maximum atomic E-state index is 13.1. The average molecular weight is 357 g/mol. The van der Waals surface area contributed by atoms with E-state index in [0.717, 1.165) is 0 Å². The second kappa shape index (κ2) is 6.95. The van der Waals surface area contributed by atoms with E-state index in [2.05, 4.69) is 15.6 Å². The van der Waals surface area contributed by atoms with Crippen LogP contribution in [-0.4, -0.2) is 33.8 Å². The molecule has 4 N–H and O–H groups in total. The number of primary amides is 1. The predicted octanol–water partition coefficient (Wildman–Crippen LogP) is -0.0301. The van der Waals surface area contributed by atoms with Gasteiger partial charge in [-0.1, -0.05) is 6.07 Å². The molecule has 26 heavy (non-hydrogen) atoms. The van der Waals surface area contributed by atoms with Crippen molar-refractivity contribution >= 4 is 34.3 Å². The maximum absolute atomic E-state index is 13.1. The summed E-state index contributed by atoms with van der Waals surface area (Å²) in [4.78, 5) is 52.0. The fourth-order valence-electron chi connectivity index (χ4n) is 3.12. The zero-order valence-electron chi connectivity index (χ0n) is 14.2. The van der Waals surface area contributed by atoms with Crippen LogP contribution in [0.3, 0.4) is 0 Å². The lowest BCUT2D eigenvalue weighted by Gasteiger charge is -2.24. The van der Waals surface area contributed by atoms with E-state index in [4.69, 9.17) is 5.73 Å². The Balaban J connectivity index is 2.07. The van der Waals surface area contributed by atoms with E-state index in [-0.39, 0.29) is 37.3 Å². The van der Waals surface area contributed by atoms with Gasteiger partial charge in [-0.2, -0.15) is 0 Å². The number of hydrogen-bond donors (Lipinski definition) is 3. The average Bonchev–Trinajstić information content (AvgIpc) is 2.56. The van der Waals surface area contributed by atoms with Gasteiger partial charge in [0.05, 0.1) is 10.9 Å². The van der Waals surface area contributed by atoms with E-state index < -0.39 is 17.9 Å². The Bertz CT molecular complexity index is 966. The number of hydrogen-bond acceptors (Lipinski definition) is 6. The number of benzene rings is 1. The minimum atomic E-state index is -0.782. The molecule has 0 radical (unpaired) electrons. The molecule has 1 unspecified atom stereocenters. The molecule has 1 saturated heterocycles. The Morgan fingerprint density at radius 2 is 2.15 bits per heavy atom. The highest BCUT2D eigenvalue weighted by Crippen LogP contribution is 2.23. The van der Waals surface area contributed by atoms with Crippen molar-refractivity contribution in [2.45, 2.75) is 32.2 Å². The second-order valence-electron chi connectivity index (χ2n) is 6.14. The number of rotatable bonds is 5. The van der Waals surface area contributed by atoms with Crippen molar-refractivity contribution < 1.29 is 14.4 Å². The monoisotopic (exact) mass is 357 g/mol. The number of anilines is 1. The molecule has 0 saturated carbocycles. The van der Waals surface area contributed by atoms with Crippen LogP contribution < -0.4 is 21.9 Å². The minimum absolute atomic E-state index is 0.122. The number of carbonyl (C=O) groups excluding carboxylic acids is 3. The summed E-state index contributed by atoms with van der Waals surface area (Å²) in [5, 5.41) is 5.60. The second-order valence-corrected chi connectivity index (χ2v) is 6.14. The standard InChI is InChI=1S/C17H19N5O4/c1-9-20-11-4-2-3-10(19-8-7-13(18)23)15(11)17(26)22(9)12-5-6-14(24)21-16(12)25/h2-4,12,19H,5-8H2,1H3,(H2,18,23)(H,21,24,25). The summed E-state index contributed by atoms with van der Waals surface area (Å²) >= 11 is 0. The number of amides is 3. The third kappa shape index (κ3) is 3.28. The Labute approximate surface area is 148 Å². The normalized spacial score (nSPS) is 17.2. The van der Waals surface area contributed by atoms with Gasteiger partial charge in [0.2, 0.25) is 17.7 Å². The fraction of sp³-hybridized carbons (Fsp3) is 0.353. The lowest BCUT2D eigenvalue weighted by molar-refractivity contribution is -0.135. The lowest BCUT2D eigenvalue weighted by Crippen LogP contribution is -2.45. The number of aryl methyl sites for hydroxylation is 1. The molecule has 3 rings (SSSR count). The number of piperidine rings is 1. The molecule has 0 bridgehead atoms. The number of nitrogens with zero attached hydrogens (tertiary/aromatic N) is 2. The molecule has 136 valence electrons. The Kier molecular flexibility index (Phi) is 4.70. The molecule has 1 aromatic carbocycles. The summed E-state index contributed by atoms with van der Waals surface area (Å²) in [5.41, 5.74) is 5.77. The Morgan fingerprint density at radius 3 is 2.85 bits per heavy atom. The highest BCUT2D eigenvalue weighted by Gasteiger charge is 2.30. The molecular formula is C17H19N5O4. The molecule has 1 aliphatic heterocycles. The highest BCUT2D eigenvalue weighted by molar-refractivity contribution is 5.99. The number of imide groups is 1. The van der Waals surface area contributed by atoms with Crippen LogP contribution in [0, 0.1) is 6.92 Å². The van der Waals surface area contributed by atoms with Gasteiger partial charge in [-0.25, -0.2) is 4.98 Å². The summed E-state index contributed by atoms with van der Waals surface area (Å²) < 4.78 is 1.32. The van der Waals surface area contributed by atoms with Crippen LogP contribution in [0.1, 0.15) is 31.1 Å². The molecule has 9 heteroatoms. The minimum Gasteiger partial charge on any atom is -0.384 e. The van der Waals surface area contributed by atoms with Crippen molar-refractivity contribution in [2.24, 2.45) is 5.73 Å². The molecule has 2 aromatic rings. The first-order valence-electron chi connectivity index (χ1n) is 8.26. The molecule has 1 aliphatic rings. The Hall–Kier alpha value is -3.23. The van der Waals surface area contributed by atoms with E-state index in [0.29, 0.717) is 22.4 Å². The molecular weight excluding hydrogens is 338 g/mol. The van der Waals surface area contributed by atoms with Crippen LogP contribution in [0.15, 0.2) is 23.0 Å². The van der Waals surface area contributed by atoms with E-state index in [1.807, 2.05) is 0 Å². The van der Waals surface area contributed by atoms with Gasteiger partial charge in [-0.15, -0.1) is 0 Å². The van der Waals surface area contributed by atoms with E-state index in [1.54, 1.807) is 25.1 Å². The van der Waals surface area contributed by atoms with Crippen molar-refractivity contribution in [2.75, 3.05) is 11.9 Å². The van der Waals surface area contributed by atoms with Gasteiger partial charge in [-0.3, -0.25) is 29.1 Å². The third-order valence-corrected chi connectivity index (χ3v) is 4.31. The van der Waals surface area contributed by atoms with E-state index in [9.17, 15) is 19.2 Å². The van der Waals surface area contributed by atoms with Crippen LogP contribution in [0.5, 0.6) is 0 Å². The number of carbonyl (C=O) groups is 3. The number of nitrogens with one attached hydrogen (secondary N) is 2. The van der Waals surface area contributed by atoms with Crippen LogP contribution in [0.4, 0.5) is 5.69 Å². The predicted molar refractivity (Wildman–Crippen MR) is 94.5 cm³/mol. The zero-order valence-corrected chi connectivity index (χ0v) is 14.2. The number of aromatic nitrogens is 2. The van der Waals surface area contributed by atoms with Gasteiger partial charge in [0.15, 0.2) is 0 Å². The third-order valence-electron chi connectivity index (χ3n) is 4.31. The van der Waals surface area contributed by atoms with Gasteiger partial charge in [0.25, 0.3) is 5.56 Å². The van der Waals surface area contributed by atoms with Gasteiger partial charge in [0, 0.05) is 25.1 Å². The number of nitrogens with two attached hydrogens (primary N) is 1. The smallest absolute Gasteiger partial charge is 0.264 e. The van der Waals surface area contributed by atoms with Crippen molar-refractivity contribution in [3.8, 4) is 0 Å². The van der Waals surface area contributed by atoms with Crippen LogP contribution >= 0.6 is 0 Å². The van der Waals surface area contributed by atoms with Crippen LogP contribution in [-0.2, 0) is 14.4 Å². The number of fused-ring (bicyclic) bond motifs is 1. The maximum Gasteiger partial charge on any atom is 0.264 e. The zero-order chi connectivity index (χ0) is 18.8. The fourth-order valence-corrected chi connectivity index (χ4v) is 3.12. The van der Waals surface area contributed by atoms with Crippen molar-refractivity contribution in [1.82, 2.24) is 14.9 Å². The van der Waals surface area contributed by atoms with Gasteiger partial charge in [-0.05, 0) is 25.5 Å². The highest BCUT2D eigenvalue weighted by atomic mass is 16.2. The molecule has 1 fully saturated rings. The lowest BCUT2D eigenvalue weighted by atomic mass is 10.1. The molecule has 9 nitrogen and oxygen atoms in total. The summed E-state index contributed by atoms with van der Waals surface area (Å²) in [5.74, 6) is -0.912. The van der Waals surface area contributed by atoms with Crippen molar-refractivity contribution in [1.29, 1.82) is 0 Å². The van der Waals surface area contributed by atoms with Gasteiger partial charge in [0.1, 0.15) is 11.9 Å². The van der Waals surface area contributed by atoms with E-state index in [1.165, 1.54) is 4.57 Å². The molecule has 2 heterocycles. The summed E-state index contributed by atoms with van der Waals surface area (Å²) in [7, 11) is 0. The summed E-state index contributed by atoms with van der Waals surface area (Å²) in [6.07, 6.45) is 0.533. The largest absolute Gasteiger partial charge is 0.384 e. The topological polar surface area (TPSA) is 136 Å². The van der Waals surface area contributed by atoms with Crippen LogP contribution in [0.2, 0.25) is 0 Å². The molecule has 0 aliphatic carbocycles. The summed E-state index contributed by atoms with van der Waals surface area (Å²) in [6.45, 7) is 1.93. The first kappa shape index (κ1) is 17.6. The first-order valence-corrected chi connectivity index (χ1v) is 8.26. The SMILES string of the molecule is Cc1nc2cccc(NCCC(N)=O)c2c(=O)n1C1CCC(=O)NC1=O. The molecule has 1 atom stereocenters.